The number of benzene rings is 2. The molecular formula is C18H13N3O3. The molecule has 1 aliphatic heterocycles. The zero-order valence-corrected chi connectivity index (χ0v) is 12.9. The van der Waals surface area contributed by atoms with Crippen molar-refractivity contribution in [3.8, 4) is 11.5 Å². The second-order valence-corrected chi connectivity index (χ2v) is 5.57. The van der Waals surface area contributed by atoms with E-state index in [-0.39, 0.29) is 18.4 Å². The summed E-state index contributed by atoms with van der Waals surface area (Å²) in [5.74, 6) is -0.00171. The van der Waals surface area contributed by atoms with Crippen LogP contribution in [-0.4, -0.2) is 26.9 Å². The fraction of sp³-hybridized carbons (Fsp3) is 0.111. The standard InChI is InChI=1S/C18H13N3O3/c1-11-6-2-3-7-12(11)16-19-15(20-24-16)10-21-17(22)13-8-4-5-9-14(13)18(21)23/h2-9H,10H2,1H3. The number of amides is 2. The van der Waals surface area contributed by atoms with Crippen molar-refractivity contribution in [1.29, 1.82) is 0 Å². The Kier molecular flexibility index (Phi) is 3.23. The van der Waals surface area contributed by atoms with Gasteiger partial charge in [0.05, 0.1) is 17.7 Å². The third-order valence-corrected chi connectivity index (χ3v) is 4.02. The first-order chi connectivity index (χ1) is 11.6. The van der Waals surface area contributed by atoms with Crippen molar-refractivity contribution < 1.29 is 14.1 Å². The van der Waals surface area contributed by atoms with E-state index in [1.54, 1.807) is 24.3 Å². The van der Waals surface area contributed by atoms with Gasteiger partial charge in [0.2, 0.25) is 0 Å². The Morgan fingerprint density at radius 3 is 2.12 bits per heavy atom. The summed E-state index contributed by atoms with van der Waals surface area (Å²) < 4.78 is 5.28. The molecule has 24 heavy (non-hydrogen) atoms. The lowest BCUT2D eigenvalue weighted by molar-refractivity contribution is 0.0637. The van der Waals surface area contributed by atoms with Crippen LogP contribution >= 0.6 is 0 Å². The fourth-order valence-corrected chi connectivity index (χ4v) is 2.76. The van der Waals surface area contributed by atoms with Gasteiger partial charge in [-0.05, 0) is 30.7 Å². The Labute approximate surface area is 137 Å². The van der Waals surface area contributed by atoms with Crippen LogP contribution in [0.15, 0.2) is 53.1 Å². The SMILES string of the molecule is Cc1ccccc1-c1nc(CN2C(=O)c3ccccc3C2=O)no1. The molecule has 0 bridgehead atoms. The Bertz CT molecular complexity index is 926. The highest BCUT2D eigenvalue weighted by molar-refractivity contribution is 6.21. The molecule has 0 radical (unpaired) electrons. The number of fused-ring (bicyclic) bond motifs is 1. The number of hydrogen-bond acceptors (Lipinski definition) is 5. The minimum atomic E-state index is -0.335. The number of hydrogen-bond donors (Lipinski definition) is 0. The van der Waals surface area contributed by atoms with E-state index < -0.39 is 0 Å². The van der Waals surface area contributed by atoms with Crippen molar-refractivity contribution in [2.24, 2.45) is 0 Å². The summed E-state index contributed by atoms with van der Waals surface area (Å²) in [4.78, 5) is 30.2. The van der Waals surface area contributed by atoms with Gasteiger partial charge in [0.25, 0.3) is 17.7 Å². The molecule has 1 aromatic heterocycles. The van der Waals surface area contributed by atoms with Crippen LogP contribution in [0.4, 0.5) is 0 Å². The fourth-order valence-electron chi connectivity index (χ4n) is 2.76. The number of rotatable bonds is 3. The van der Waals surface area contributed by atoms with Gasteiger partial charge in [0.15, 0.2) is 5.82 Å². The zero-order valence-electron chi connectivity index (χ0n) is 12.9. The van der Waals surface area contributed by atoms with E-state index in [1.807, 2.05) is 31.2 Å². The molecular weight excluding hydrogens is 306 g/mol. The monoisotopic (exact) mass is 319 g/mol. The molecule has 2 amide bonds. The topological polar surface area (TPSA) is 76.3 Å². The second kappa shape index (κ2) is 5.42. The molecule has 2 aromatic carbocycles. The summed E-state index contributed by atoms with van der Waals surface area (Å²) in [7, 11) is 0. The molecule has 3 aromatic rings. The average molecular weight is 319 g/mol. The molecule has 0 spiro atoms. The Morgan fingerprint density at radius 1 is 0.917 bits per heavy atom. The van der Waals surface area contributed by atoms with Crippen molar-refractivity contribution in [3.63, 3.8) is 0 Å². The zero-order chi connectivity index (χ0) is 16.7. The minimum absolute atomic E-state index is 0.0122. The molecule has 0 aliphatic carbocycles. The van der Waals surface area contributed by atoms with Crippen molar-refractivity contribution in [2.45, 2.75) is 13.5 Å². The van der Waals surface area contributed by atoms with E-state index in [4.69, 9.17) is 4.52 Å². The number of aryl methyl sites for hydroxylation is 1. The molecule has 4 rings (SSSR count). The molecule has 1 aliphatic rings. The van der Waals surface area contributed by atoms with Crippen molar-refractivity contribution in [1.82, 2.24) is 15.0 Å². The summed E-state index contributed by atoms with van der Waals surface area (Å²) in [5, 5.41) is 3.90. The third-order valence-electron chi connectivity index (χ3n) is 4.02. The van der Waals surface area contributed by atoms with Gasteiger partial charge in [-0.3, -0.25) is 14.5 Å². The summed E-state index contributed by atoms with van der Waals surface area (Å²) in [5.41, 5.74) is 2.65. The van der Waals surface area contributed by atoms with Gasteiger partial charge in [-0.25, -0.2) is 0 Å². The van der Waals surface area contributed by atoms with E-state index >= 15 is 0 Å². The molecule has 6 nitrogen and oxygen atoms in total. The third kappa shape index (κ3) is 2.20. The van der Waals surface area contributed by atoms with Crippen LogP contribution in [0, 0.1) is 6.92 Å². The minimum Gasteiger partial charge on any atom is -0.334 e. The molecule has 2 heterocycles. The Morgan fingerprint density at radius 2 is 1.50 bits per heavy atom. The van der Waals surface area contributed by atoms with Gasteiger partial charge in [-0.15, -0.1) is 0 Å². The van der Waals surface area contributed by atoms with Crippen molar-refractivity contribution >= 4 is 11.8 Å². The van der Waals surface area contributed by atoms with E-state index in [0.717, 1.165) is 16.0 Å². The maximum Gasteiger partial charge on any atom is 0.261 e. The summed E-state index contributed by atoms with van der Waals surface area (Å²) in [6.07, 6.45) is 0. The van der Waals surface area contributed by atoms with Crippen LogP contribution in [-0.2, 0) is 6.54 Å². The molecule has 0 N–H and O–H groups in total. The number of aromatic nitrogens is 2. The second-order valence-electron chi connectivity index (χ2n) is 5.57. The highest BCUT2D eigenvalue weighted by Gasteiger charge is 2.35. The van der Waals surface area contributed by atoms with Crippen LogP contribution in [0.25, 0.3) is 11.5 Å². The van der Waals surface area contributed by atoms with E-state index in [1.165, 1.54) is 0 Å². The molecule has 0 unspecified atom stereocenters. The largest absolute Gasteiger partial charge is 0.334 e. The summed E-state index contributed by atoms with van der Waals surface area (Å²) in [6.45, 7) is 1.94. The molecule has 0 saturated carbocycles. The van der Waals surface area contributed by atoms with Crippen LogP contribution in [0.1, 0.15) is 32.1 Å². The Balaban J connectivity index is 1.61. The lowest BCUT2D eigenvalue weighted by atomic mass is 10.1. The van der Waals surface area contributed by atoms with Gasteiger partial charge < -0.3 is 4.52 Å². The molecule has 118 valence electrons. The van der Waals surface area contributed by atoms with Crippen LogP contribution < -0.4 is 0 Å². The predicted molar refractivity (Wildman–Crippen MR) is 85.1 cm³/mol. The van der Waals surface area contributed by atoms with Crippen LogP contribution in [0.2, 0.25) is 0 Å². The molecule has 6 heteroatoms. The molecule has 0 fully saturated rings. The first kappa shape index (κ1) is 14.3. The normalized spacial score (nSPS) is 13.5. The van der Waals surface area contributed by atoms with E-state index in [9.17, 15) is 9.59 Å². The van der Waals surface area contributed by atoms with E-state index in [2.05, 4.69) is 10.1 Å². The van der Waals surface area contributed by atoms with Crippen molar-refractivity contribution in [2.75, 3.05) is 0 Å². The Hall–Kier alpha value is -3.28. The van der Waals surface area contributed by atoms with Crippen LogP contribution in [0.5, 0.6) is 0 Å². The number of imide groups is 1. The quantitative estimate of drug-likeness (QED) is 0.694. The van der Waals surface area contributed by atoms with Gasteiger partial charge in [-0.1, -0.05) is 35.5 Å². The summed E-state index contributed by atoms with van der Waals surface area (Å²) >= 11 is 0. The summed E-state index contributed by atoms with van der Waals surface area (Å²) in [6, 6.07) is 14.4. The molecule has 0 saturated heterocycles. The first-order valence-electron chi connectivity index (χ1n) is 7.49. The average Bonchev–Trinajstić information content (AvgIpc) is 3.15. The van der Waals surface area contributed by atoms with E-state index in [0.29, 0.717) is 22.8 Å². The van der Waals surface area contributed by atoms with Gasteiger partial charge in [-0.2, -0.15) is 4.98 Å². The lowest BCUT2D eigenvalue weighted by Gasteiger charge is -2.10. The highest BCUT2D eigenvalue weighted by atomic mass is 16.5. The van der Waals surface area contributed by atoms with Gasteiger partial charge >= 0.3 is 0 Å². The van der Waals surface area contributed by atoms with Crippen molar-refractivity contribution in [3.05, 3.63) is 71.0 Å². The number of carbonyl (C=O) groups is 2. The predicted octanol–water partition coefficient (Wildman–Crippen LogP) is 2.84. The molecule has 0 atom stereocenters. The van der Waals surface area contributed by atoms with Gasteiger partial charge in [0.1, 0.15) is 0 Å². The van der Waals surface area contributed by atoms with Crippen LogP contribution in [0.3, 0.4) is 0 Å². The highest BCUT2D eigenvalue weighted by Crippen LogP contribution is 2.25. The van der Waals surface area contributed by atoms with Gasteiger partial charge in [0, 0.05) is 5.56 Å². The maximum absolute atomic E-state index is 12.4. The lowest BCUT2D eigenvalue weighted by Crippen LogP contribution is -2.29. The maximum atomic E-state index is 12.4. The smallest absolute Gasteiger partial charge is 0.261 e. The number of nitrogens with zero attached hydrogens (tertiary/aromatic N) is 3. The first-order valence-corrected chi connectivity index (χ1v) is 7.49. The number of carbonyl (C=O) groups excluding carboxylic acids is 2.